The fourth-order valence-electron chi connectivity index (χ4n) is 3.73. The van der Waals surface area contributed by atoms with Crippen molar-refractivity contribution in [2.24, 2.45) is 10.7 Å². The van der Waals surface area contributed by atoms with Crippen LogP contribution in [0.5, 0.6) is 0 Å². The molecule has 0 radical (unpaired) electrons. The zero-order valence-electron chi connectivity index (χ0n) is 15.1. The number of rotatable bonds is 3. The van der Waals surface area contributed by atoms with E-state index in [1.807, 2.05) is 36.4 Å². The summed E-state index contributed by atoms with van der Waals surface area (Å²) in [6.07, 6.45) is 6.72. The van der Waals surface area contributed by atoms with E-state index < -0.39 is 0 Å². The molecule has 0 atom stereocenters. The van der Waals surface area contributed by atoms with Gasteiger partial charge in [0, 0.05) is 11.6 Å². The fraction of sp³-hybridized carbons (Fsp3) is 0.227. The number of aromatic nitrogens is 1. The molecule has 1 aliphatic rings. The summed E-state index contributed by atoms with van der Waals surface area (Å²) in [7, 11) is 0. The summed E-state index contributed by atoms with van der Waals surface area (Å²) in [5, 5.41) is 3.49. The van der Waals surface area contributed by atoms with Crippen LogP contribution in [-0.4, -0.2) is 16.9 Å². The van der Waals surface area contributed by atoms with Gasteiger partial charge in [-0.15, -0.1) is 0 Å². The van der Waals surface area contributed by atoms with Gasteiger partial charge in [-0.05, 0) is 48.6 Å². The van der Waals surface area contributed by atoms with Crippen molar-refractivity contribution in [3.63, 3.8) is 0 Å². The number of aliphatic imine (C=N–C) groups is 1. The number of para-hydroxylation sites is 1. The van der Waals surface area contributed by atoms with Crippen molar-refractivity contribution in [1.82, 2.24) is 10.3 Å². The number of nitrogens with two attached hydrogens (primary N) is 1. The van der Waals surface area contributed by atoms with Crippen LogP contribution in [0.1, 0.15) is 47.5 Å². The van der Waals surface area contributed by atoms with E-state index in [0.29, 0.717) is 17.2 Å². The summed E-state index contributed by atoms with van der Waals surface area (Å²) < 4.78 is 0. The van der Waals surface area contributed by atoms with E-state index in [4.69, 9.17) is 5.73 Å². The third kappa shape index (κ3) is 3.82. The first-order valence-corrected chi connectivity index (χ1v) is 9.30. The van der Waals surface area contributed by atoms with Gasteiger partial charge in [0.2, 0.25) is 5.96 Å². The second-order valence-corrected chi connectivity index (χ2v) is 6.90. The molecule has 27 heavy (non-hydrogen) atoms. The van der Waals surface area contributed by atoms with E-state index in [-0.39, 0.29) is 11.9 Å². The smallest absolute Gasteiger partial charge is 0.258 e. The zero-order valence-corrected chi connectivity index (χ0v) is 15.1. The Labute approximate surface area is 158 Å². The van der Waals surface area contributed by atoms with Crippen LogP contribution in [0, 0.1) is 0 Å². The highest BCUT2D eigenvalue weighted by atomic mass is 16.1. The standard InChI is InChI=1S/C22H22N4O/c23-22(25-17-8-2-1-3-9-17)26-21(27)19-12-13-24-20-14-16(10-11-18(19)20)15-6-4-5-7-15/h1-3,8-15H,4-7H2,(H3,23,25,26,27). The maximum absolute atomic E-state index is 12.7. The van der Waals surface area contributed by atoms with Crippen LogP contribution in [-0.2, 0) is 0 Å². The molecule has 0 aliphatic heterocycles. The quantitative estimate of drug-likeness (QED) is 0.542. The van der Waals surface area contributed by atoms with Gasteiger partial charge in [0.25, 0.3) is 5.91 Å². The van der Waals surface area contributed by atoms with Crippen molar-refractivity contribution in [2.45, 2.75) is 31.6 Å². The Morgan fingerprint density at radius 3 is 2.63 bits per heavy atom. The van der Waals surface area contributed by atoms with Crippen LogP contribution < -0.4 is 11.1 Å². The normalized spacial score (nSPS) is 15.2. The topological polar surface area (TPSA) is 80.4 Å². The maximum atomic E-state index is 12.7. The van der Waals surface area contributed by atoms with Crippen LogP contribution in [0.4, 0.5) is 5.69 Å². The monoisotopic (exact) mass is 358 g/mol. The predicted octanol–water partition coefficient (Wildman–Crippen LogP) is 4.27. The minimum Gasteiger partial charge on any atom is -0.369 e. The van der Waals surface area contributed by atoms with Gasteiger partial charge in [-0.2, -0.15) is 0 Å². The highest BCUT2D eigenvalue weighted by Gasteiger charge is 2.18. The zero-order chi connectivity index (χ0) is 18.6. The molecular formula is C22H22N4O. The van der Waals surface area contributed by atoms with E-state index in [1.165, 1.54) is 31.2 Å². The van der Waals surface area contributed by atoms with Gasteiger partial charge in [0.05, 0.1) is 16.8 Å². The average molecular weight is 358 g/mol. The number of fused-ring (bicyclic) bond motifs is 1. The molecule has 3 N–H and O–H groups in total. The Bertz CT molecular complexity index is 992. The Morgan fingerprint density at radius 1 is 1.07 bits per heavy atom. The second-order valence-electron chi connectivity index (χ2n) is 6.90. The second kappa shape index (κ2) is 7.58. The van der Waals surface area contributed by atoms with Crippen LogP contribution >= 0.6 is 0 Å². The van der Waals surface area contributed by atoms with Gasteiger partial charge in [0.1, 0.15) is 0 Å². The molecule has 1 amide bonds. The number of carbonyl (C=O) groups excluding carboxylic acids is 1. The van der Waals surface area contributed by atoms with Gasteiger partial charge in [-0.25, -0.2) is 4.99 Å². The molecule has 1 saturated carbocycles. The summed E-state index contributed by atoms with van der Waals surface area (Å²) in [6, 6.07) is 17.2. The lowest BCUT2D eigenvalue weighted by Crippen LogP contribution is -2.36. The van der Waals surface area contributed by atoms with E-state index in [2.05, 4.69) is 27.4 Å². The molecule has 5 heteroatoms. The summed E-state index contributed by atoms with van der Waals surface area (Å²) in [5.74, 6) is 0.397. The molecule has 0 bridgehead atoms. The van der Waals surface area contributed by atoms with Gasteiger partial charge in [-0.1, -0.05) is 43.2 Å². The van der Waals surface area contributed by atoms with Crippen LogP contribution in [0.2, 0.25) is 0 Å². The van der Waals surface area contributed by atoms with Crippen molar-refractivity contribution in [1.29, 1.82) is 0 Å². The number of amides is 1. The molecular weight excluding hydrogens is 336 g/mol. The number of carbonyl (C=O) groups is 1. The first kappa shape index (κ1) is 17.2. The molecule has 0 saturated heterocycles. The number of guanidine groups is 1. The Kier molecular flexibility index (Phi) is 4.83. The highest BCUT2D eigenvalue weighted by molar-refractivity contribution is 6.12. The molecule has 4 rings (SSSR count). The predicted molar refractivity (Wildman–Crippen MR) is 108 cm³/mol. The fourth-order valence-corrected chi connectivity index (χ4v) is 3.73. The number of benzene rings is 2. The van der Waals surface area contributed by atoms with Gasteiger partial charge in [0.15, 0.2) is 0 Å². The molecule has 5 nitrogen and oxygen atoms in total. The van der Waals surface area contributed by atoms with Crippen LogP contribution in [0.3, 0.4) is 0 Å². The molecule has 1 aliphatic carbocycles. The van der Waals surface area contributed by atoms with E-state index in [1.54, 1.807) is 12.3 Å². The van der Waals surface area contributed by atoms with Crippen LogP contribution in [0.15, 0.2) is 65.8 Å². The number of hydrogen-bond donors (Lipinski definition) is 2. The third-order valence-corrected chi connectivity index (χ3v) is 5.09. The average Bonchev–Trinajstić information content (AvgIpc) is 3.22. The summed E-state index contributed by atoms with van der Waals surface area (Å²) >= 11 is 0. The maximum Gasteiger partial charge on any atom is 0.258 e. The molecule has 2 aromatic carbocycles. The molecule has 1 fully saturated rings. The number of hydrogen-bond acceptors (Lipinski definition) is 3. The van der Waals surface area contributed by atoms with E-state index in [0.717, 1.165) is 10.9 Å². The largest absolute Gasteiger partial charge is 0.369 e. The van der Waals surface area contributed by atoms with E-state index >= 15 is 0 Å². The van der Waals surface area contributed by atoms with Crippen molar-refractivity contribution in [2.75, 3.05) is 0 Å². The Balaban J connectivity index is 1.59. The Hall–Kier alpha value is -3.21. The minimum absolute atomic E-state index is 0.0683. The Morgan fingerprint density at radius 2 is 1.85 bits per heavy atom. The van der Waals surface area contributed by atoms with Crippen molar-refractivity contribution in [3.8, 4) is 0 Å². The summed E-state index contributed by atoms with van der Waals surface area (Å²) in [4.78, 5) is 21.4. The molecule has 136 valence electrons. The molecule has 1 aromatic heterocycles. The van der Waals surface area contributed by atoms with Crippen molar-refractivity contribution >= 4 is 28.5 Å². The lowest BCUT2D eigenvalue weighted by atomic mass is 9.95. The molecule has 0 unspecified atom stereocenters. The SMILES string of the molecule is NC(=Nc1ccccc1)NC(=O)c1ccnc2cc(C3CCCC3)ccc12. The number of nitrogens with zero attached hydrogens (tertiary/aromatic N) is 2. The van der Waals surface area contributed by atoms with Gasteiger partial charge in [-0.3, -0.25) is 15.1 Å². The summed E-state index contributed by atoms with van der Waals surface area (Å²) in [5.41, 5.74) is 9.29. The minimum atomic E-state index is -0.284. The van der Waals surface area contributed by atoms with Crippen LogP contribution in [0.25, 0.3) is 10.9 Å². The first-order chi connectivity index (χ1) is 13.2. The molecule has 1 heterocycles. The van der Waals surface area contributed by atoms with Gasteiger partial charge < -0.3 is 5.73 Å². The summed E-state index contributed by atoms with van der Waals surface area (Å²) in [6.45, 7) is 0. The lowest BCUT2D eigenvalue weighted by molar-refractivity contribution is 0.0978. The third-order valence-electron chi connectivity index (χ3n) is 5.09. The lowest BCUT2D eigenvalue weighted by Gasteiger charge is -2.12. The first-order valence-electron chi connectivity index (χ1n) is 9.30. The highest BCUT2D eigenvalue weighted by Crippen LogP contribution is 2.35. The number of pyridine rings is 1. The molecule has 3 aromatic rings. The van der Waals surface area contributed by atoms with E-state index in [9.17, 15) is 4.79 Å². The van der Waals surface area contributed by atoms with Crippen molar-refractivity contribution in [3.05, 3.63) is 71.9 Å². The number of nitrogens with one attached hydrogen (secondary N) is 1. The van der Waals surface area contributed by atoms with Crippen molar-refractivity contribution < 1.29 is 4.79 Å². The van der Waals surface area contributed by atoms with Gasteiger partial charge >= 0.3 is 0 Å². The molecule has 0 spiro atoms.